The van der Waals surface area contributed by atoms with Crippen LogP contribution in [0.5, 0.6) is 0 Å². The molecule has 0 radical (unpaired) electrons. The van der Waals surface area contributed by atoms with E-state index in [1.54, 1.807) is 14.1 Å². The Bertz CT molecular complexity index is 428. The summed E-state index contributed by atoms with van der Waals surface area (Å²) in [4.78, 5) is 39.6. The van der Waals surface area contributed by atoms with Crippen LogP contribution in [0.1, 0.15) is 13.3 Å². The smallest absolute Gasteiger partial charge is 0.368 e. The minimum absolute atomic E-state index is 0. The quantitative estimate of drug-likeness (QED) is 0.242. The molecule has 0 heterocycles. The van der Waals surface area contributed by atoms with Crippen LogP contribution in [-0.2, 0) is 14.2 Å². The summed E-state index contributed by atoms with van der Waals surface area (Å²) in [6.07, 6.45) is -0.579. The number of thioether (sulfide) groups is 1. The van der Waals surface area contributed by atoms with Crippen molar-refractivity contribution in [2.45, 2.75) is 18.7 Å². The van der Waals surface area contributed by atoms with Crippen LogP contribution in [0.15, 0.2) is 0 Å². The molecule has 0 aliphatic heterocycles. The van der Waals surface area contributed by atoms with Crippen molar-refractivity contribution >= 4 is 30.4 Å². The van der Waals surface area contributed by atoms with Crippen molar-refractivity contribution in [3.8, 4) is 0 Å². The zero-order valence-electron chi connectivity index (χ0n) is 12.0. The van der Waals surface area contributed by atoms with Crippen molar-refractivity contribution in [2.75, 3.05) is 32.9 Å². The van der Waals surface area contributed by atoms with E-state index in [-0.39, 0.29) is 33.1 Å². The summed E-state index contributed by atoms with van der Waals surface area (Å²) in [6.45, 7) is 1.98. The van der Waals surface area contributed by atoms with Crippen LogP contribution in [0, 0.1) is 0 Å². The molecule has 0 fully saturated rings. The Hall–Kier alpha value is 0.0400. The minimum atomic E-state index is -5.18. The highest BCUT2D eigenvalue weighted by atomic mass is 79.9. The number of hydrogen-bond acceptors (Lipinski definition) is 5. The highest BCUT2D eigenvalue weighted by molar-refractivity contribution is 8.13. The molecule has 1 unspecified atom stereocenters. The summed E-state index contributed by atoms with van der Waals surface area (Å²) in [5.74, 6) is -1.44. The molecule has 21 heavy (non-hydrogen) atoms. The lowest BCUT2D eigenvalue weighted by Gasteiger charge is -2.33. The Morgan fingerprint density at radius 1 is 1.24 bits per heavy atom. The normalized spacial score (nSPS) is 15.0. The number of aliphatic hydroxyl groups is 1. The second kappa shape index (κ2) is 8.61. The molecule has 0 aromatic heterocycles. The zero-order chi connectivity index (χ0) is 16.2. The third-order valence-electron chi connectivity index (χ3n) is 2.89. The Morgan fingerprint density at radius 2 is 1.71 bits per heavy atom. The summed E-state index contributed by atoms with van der Waals surface area (Å²) in [5.41, 5.74) is 0. The van der Waals surface area contributed by atoms with Gasteiger partial charge in [0.25, 0.3) is 5.34 Å². The third-order valence-corrected chi connectivity index (χ3v) is 5.06. The maximum Gasteiger partial charge on any atom is 0.368 e. The van der Waals surface area contributed by atoms with Crippen LogP contribution < -0.4 is 17.0 Å². The number of carboxylic acids is 1. The number of carbonyl (C=O) groups excluding carboxylic acids is 1. The van der Waals surface area contributed by atoms with E-state index in [4.69, 9.17) is 14.9 Å². The number of quaternary nitrogens is 1. The number of carboxylic acid groups (broad SMARTS) is 1. The maximum absolute atomic E-state index is 11.1. The van der Waals surface area contributed by atoms with Crippen LogP contribution >= 0.6 is 19.4 Å². The highest BCUT2D eigenvalue weighted by Gasteiger charge is 2.53. The van der Waals surface area contributed by atoms with Gasteiger partial charge in [0.1, 0.15) is 0 Å². The fourth-order valence-corrected chi connectivity index (χ4v) is 2.90. The molecule has 0 spiro atoms. The van der Waals surface area contributed by atoms with E-state index in [2.05, 4.69) is 0 Å². The molecule has 0 saturated carbocycles. The van der Waals surface area contributed by atoms with Crippen molar-refractivity contribution in [1.82, 2.24) is 0 Å². The molecule has 0 saturated heterocycles. The van der Waals surface area contributed by atoms with Gasteiger partial charge in [-0.15, -0.1) is 0 Å². The molecule has 0 rings (SSSR count). The van der Waals surface area contributed by atoms with Crippen molar-refractivity contribution in [3.05, 3.63) is 0 Å². The third kappa shape index (κ3) is 7.73. The molecule has 11 heteroatoms. The van der Waals surface area contributed by atoms with E-state index < -0.39 is 25.3 Å². The highest BCUT2D eigenvalue weighted by Crippen LogP contribution is 2.51. The van der Waals surface area contributed by atoms with Crippen LogP contribution in [0.25, 0.3) is 0 Å². The molecular weight excluding hydrogens is 389 g/mol. The van der Waals surface area contributed by atoms with E-state index in [0.29, 0.717) is 12.3 Å². The lowest BCUT2D eigenvalue weighted by Crippen LogP contribution is -3.00. The first-order valence-corrected chi connectivity index (χ1v) is 8.38. The van der Waals surface area contributed by atoms with Gasteiger partial charge >= 0.3 is 13.6 Å². The number of carbonyl (C=O) groups is 2. The number of aliphatic carboxylic acids is 1. The Labute approximate surface area is 138 Å². The average Bonchev–Trinajstić information content (AvgIpc) is 2.23. The van der Waals surface area contributed by atoms with Crippen molar-refractivity contribution in [1.29, 1.82) is 0 Å². The number of hydrogen-bond donors (Lipinski definition) is 4. The summed E-state index contributed by atoms with van der Waals surface area (Å²) < 4.78 is 11.4. The second-order valence-corrected chi connectivity index (χ2v) is 8.24. The fourth-order valence-electron chi connectivity index (χ4n) is 1.38. The largest absolute Gasteiger partial charge is 1.00 e. The molecule has 8 nitrogen and oxygen atoms in total. The lowest BCUT2D eigenvalue weighted by atomic mass is 10.2. The van der Waals surface area contributed by atoms with Crippen LogP contribution in [-0.4, -0.2) is 73.8 Å². The predicted molar refractivity (Wildman–Crippen MR) is 74.2 cm³/mol. The molecule has 1 atom stereocenters. The lowest BCUT2D eigenvalue weighted by molar-refractivity contribution is -0.888. The summed E-state index contributed by atoms with van der Waals surface area (Å²) >= 11 is 1.12. The van der Waals surface area contributed by atoms with Gasteiger partial charge in [0.15, 0.2) is 5.12 Å². The van der Waals surface area contributed by atoms with E-state index >= 15 is 0 Å². The summed E-state index contributed by atoms with van der Waals surface area (Å²) in [6, 6.07) is 0. The average molecular weight is 410 g/mol. The first-order chi connectivity index (χ1) is 8.82. The molecule has 0 aromatic rings. The number of halogens is 1. The monoisotopic (exact) mass is 409 g/mol. The van der Waals surface area contributed by atoms with Gasteiger partial charge in [0, 0.05) is 13.3 Å². The zero-order valence-corrected chi connectivity index (χ0v) is 15.3. The van der Waals surface area contributed by atoms with Crippen molar-refractivity contribution < 1.29 is 55.6 Å². The topological polar surface area (TPSA) is 132 Å². The van der Waals surface area contributed by atoms with E-state index in [1.165, 1.54) is 6.92 Å². The van der Waals surface area contributed by atoms with Gasteiger partial charge in [-0.3, -0.25) is 9.36 Å². The predicted octanol–water partition coefficient (Wildman–Crippen LogP) is -3.31. The molecule has 4 N–H and O–H groups in total. The van der Waals surface area contributed by atoms with Gasteiger partial charge in [-0.25, -0.2) is 4.79 Å². The molecule has 0 aliphatic rings. The van der Waals surface area contributed by atoms with Gasteiger partial charge < -0.3 is 41.5 Å². The van der Waals surface area contributed by atoms with Gasteiger partial charge in [-0.1, -0.05) is 11.8 Å². The first kappa shape index (κ1) is 23.3. The standard InChI is InChI=1S/C10H20NO7PS.BrH/c1-8(12)20-7-6-11(2,3)5-4-10(15,9(13)14)19(16,17)18;/h15H,4-7H2,1-3H3,(H2-,13,14,16,17,18);1H. The van der Waals surface area contributed by atoms with Crippen LogP contribution in [0.2, 0.25) is 0 Å². The number of rotatable bonds is 8. The summed E-state index contributed by atoms with van der Waals surface area (Å²) in [5, 5.41) is 15.4. The van der Waals surface area contributed by atoms with Crippen molar-refractivity contribution in [2.24, 2.45) is 0 Å². The van der Waals surface area contributed by atoms with Gasteiger partial charge in [0.2, 0.25) is 0 Å². The molecular formula is C10H21BrNO7PS. The first-order valence-electron chi connectivity index (χ1n) is 5.78. The molecule has 126 valence electrons. The van der Waals surface area contributed by atoms with E-state index in [0.717, 1.165) is 11.8 Å². The van der Waals surface area contributed by atoms with E-state index in [1.807, 2.05) is 0 Å². The Morgan fingerprint density at radius 3 is 2.05 bits per heavy atom. The van der Waals surface area contributed by atoms with Gasteiger partial charge in [-0.2, -0.15) is 0 Å². The minimum Gasteiger partial charge on any atom is -1.00 e. The maximum atomic E-state index is 11.1. The number of nitrogens with zero attached hydrogens (tertiary/aromatic N) is 1. The van der Waals surface area contributed by atoms with Crippen LogP contribution in [0.4, 0.5) is 0 Å². The Balaban J connectivity index is 0. The molecule has 0 aliphatic carbocycles. The molecule has 0 aromatic carbocycles. The fraction of sp³-hybridized carbons (Fsp3) is 0.800. The summed E-state index contributed by atoms with van der Waals surface area (Å²) in [7, 11) is -1.74. The molecule has 0 amide bonds. The Kier molecular flexibility index (Phi) is 9.56. The second-order valence-electron chi connectivity index (χ2n) is 5.14. The van der Waals surface area contributed by atoms with Gasteiger partial charge in [0.05, 0.1) is 32.9 Å². The van der Waals surface area contributed by atoms with Crippen LogP contribution in [0.3, 0.4) is 0 Å². The SMILES string of the molecule is CC(=O)SCC[N+](C)(C)CCC(O)(C(=O)O)P(=O)(O)O.[Br-]. The molecule has 0 bridgehead atoms. The van der Waals surface area contributed by atoms with E-state index in [9.17, 15) is 19.3 Å². The van der Waals surface area contributed by atoms with Crippen molar-refractivity contribution in [3.63, 3.8) is 0 Å². The van der Waals surface area contributed by atoms with Gasteiger partial charge in [-0.05, 0) is 0 Å².